The van der Waals surface area contributed by atoms with E-state index in [1.807, 2.05) is 20.8 Å². The summed E-state index contributed by atoms with van der Waals surface area (Å²) in [4.78, 5) is 12.3. The number of hydrogen-bond donors (Lipinski definition) is 3. The number of amides is 1. The van der Waals surface area contributed by atoms with Crippen LogP contribution in [0, 0.1) is 12.8 Å². The minimum Gasteiger partial charge on any atom is -0.409 e. The van der Waals surface area contributed by atoms with E-state index in [0.29, 0.717) is 23.4 Å². The Morgan fingerprint density at radius 3 is 2.65 bits per heavy atom. The minimum absolute atomic E-state index is 0.00387. The average Bonchev–Trinajstić information content (AvgIpc) is 2.43. The number of rotatable bonds is 5. The van der Waals surface area contributed by atoms with Crippen molar-refractivity contribution in [2.45, 2.75) is 40.2 Å². The third-order valence-electron chi connectivity index (χ3n) is 2.96. The molecule has 1 aromatic rings. The first-order valence-corrected chi connectivity index (χ1v) is 6.52. The molecule has 7 heteroatoms. The zero-order valence-electron chi connectivity index (χ0n) is 12.2. The minimum atomic E-state index is -0.536. The Morgan fingerprint density at radius 1 is 1.50 bits per heavy atom. The number of nitrogens with two attached hydrogens (primary N) is 1. The van der Waals surface area contributed by atoms with Gasteiger partial charge in [0, 0.05) is 0 Å². The lowest BCUT2D eigenvalue weighted by molar-refractivity contribution is 0.0937. The molecule has 0 spiro atoms. The van der Waals surface area contributed by atoms with E-state index in [4.69, 9.17) is 10.9 Å². The van der Waals surface area contributed by atoms with Gasteiger partial charge in [-0.3, -0.25) is 4.79 Å². The van der Waals surface area contributed by atoms with Crippen LogP contribution in [0.15, 0.2) is 11.2 Å². The molecule has 1 atom stereocenters. The second-order valence-corrected chi connectivity index (χ2v) is 4.92. The topological polar surface area (TPSA) is 113 Å². The van der Waals surface area contributed by atoms with Crippen LogP contribution in [0.5, 0.6) is 0 Å². The maximum atomic E-state index is 12.3. The first kappa shape index (κ1) is 15.9. The summed E-state index contributed by atoms with van der Waals surface area (Å²) in [5.41, 5.74) is 7.36. The fraction of sp³-hybridized carbons (Fsp3) is 0.538. The maximum absolute atomic E-state index is 12.3. The second kappa shape index (κ2) is 6.83. The molecule has 0 bridgehead atoms. The van der Waals surface area contributed by atoms with Crippen molar-refractivity contribution in [2.75, 3.05) is 0 Å². The molecule has 1 amide bonds. The molecule has 0 saturated heterocycles. The van der Waals surface area contributed by atoms with Crippen molar-refractivity contribution in [2.24, 2.45) is 16.8 Å². The standard InChI is InChI=1S/C13H21N5O2/c1-5-10-9(6-8(4)16-17-10)13(19)15-11(7(2)3)12(14)18-20/h6-7,11,20H,5H2,1-4H3,(H2,14,18)(H,15,19). The average molecular weight is 279 g/mol. The molecule has 1 unspecified atom stereocenters. The van der Waals surface area contributed by atoms with Gasteiger partial charge in [-0.05, 0) is 25.3 Å². The van der Waals surface area contributed by atoms with E-state index in [2.05, 4.69) is 20.7 Å². The van der Waals surface area contributed by atoms with E-state index in [0.717, 1.165) is 0 Å². The molecular formula is C13H21N5O2. The molecular weight excluding hydrogens is 258 g/mol. The molecule has 0 aliphatic rings. The van der Waals surface area contributed by atoms with Gasteiger partial charge in [-0.2, -0.15) is 10.2 Å². The monoisotopic (exact) mass is 279 g/mol. The summed E-state index contributed by atoms with van der Waals surface area (Å²) in [6, 6.07) is 1.15. The van der Waals surface area contributed by atoms with Crippen LogP contribution in [0.25, 0.3) is 0 Å². The van der Waals surface area contributed by atoms with Crippen LogP contribution >= 0.6 is 0 Å². The second-order valence-electron chi connectivity index (χ2n) is 4.92. The fourth-order valence-corrected chi connectivity index (χ4v) is 1.84. The van der Waals surface area contributed by atoms with Crippen molar-refractivity contribution in [3.05, 3.63) is 23.0 Å². The normalized spacial score (nSPS) is 13.3. The Hall–Kier alpha value is -2.18. The van der Waals surface area contributed by atoms with Crippen LogP contribution in [-0.2, 0) is 6.42 Å². The highest BCUT2D eigenvalue weighted by Gasteiger charge is 2.23. The molecule has 1 heterocycles. The molecule has 110 valence electrons. The van der Waals surface area contributed by atoms with Crippen molar-refractivity contribution in [3.63, 3.8) is 0 Å². The first-order chi connectivity index (χ1) is 9.40. The van der Waals surface area contributed by atoms with Gasteiger partial charge in [0.15, 0.2) is 5.84 Å². The quantitative estimate of drug-likeness (QED) is 0.320. The predicted molar refractivity (Wildman–Crippen MR) is 75.6 cm³/mol. The molecule has 20 heavy (non-hydrogen) atoms. The Kier molecular flexibility index (Phi) is 5.42. The summed E-state index contributed by atoms with van der Waals surface area (Å²) in [7, 11) is 0. The number of aryl methyl sites for hydroxylation is 2. The van der Waals surface area contributed by atoms with Crippen molar-refractivity contribution in [3.8, 4) is 0 Å². The van der Waals surface area contributed by atoms with Gasteiger partial charge in [-0.1, -0.05) is 25.9 Å². The summed E-state index contributed by atoms with van der Waals surface area (Å²) in [6.45, 7) is 7.42. The van der Waals surface area contributed by atoms with Crippen molar-refractivity contribution in [1.29, 1.82) is 0 Å². The van der Waals surface area contributed by atoms with Crippen LogP contribution in [-0.4, -0.2) is 33.2 Å². The smallest absolute Gasteiger partial charge is 0.253 e. The summed E-state index contributed by atoms with van der Waals surface area (Å²) >= 11 is 0. The largest absolute Gasteiger partial charge is 0.409 e. The Morgan fingerprint density at radius 2 is 2.15 bits per heavy atom. The number of carbonyl (C=O) groups excluding carboxylic acids is 1. The third-order valence-corrected chi connectivity index (χ3v) is 2.96. The lowest BCUT2D eigenvalue weighted by Crippen LogP contribution is -2.48. The van der Waals surface area contributed by atoms with E-state index < -0.39 is 6.04 Å². The summed E-state index contributed by atoms with van der Waals surface area (Å²) in [5.74, 6) is -0.328. The number of nitrogens with one attached hydrogen (secondary N) is 1. The molecule has 0 aliphatic heterocycles. The van der Waals surface area contributed by atoms with Gasteiger partial charge >= 0.3 is 0 Å². The maximum Gasteiger partial charge on any atom is 0.253 e. The predicted octanol–water partition coefficient (Wildman–Crippen LogP) is 0.848. The van der Waals surface area contributed by atoms with Gasteiger partial charge in [0.05, 0.1) is 23.0 Å². The first-order valence-electron chi connectivity index (χ1n) is 6.52. The number of hydrogen-bond acceptors (Lipinski definition) is 5. The number of amidine groups is 1. The zero-order valence-corrected chi connectivity index (χ0v) is 12.2. The highest BCUT2D eigenvalue weighted by molar-refractivity contribution is 5.99. The van der Waals surface area contributed by atoms with Gasteiger partial charge in [0.25, 0.3) is 5.91 Å². The van der Waals surface area contributed by atoms with Gasteiger partial charge in [-0.25, -0.2) is 0 Å². The van der Waals surface area contributed by atoms with E-state index in [1.54, 1.807) is 13.0 Å². The molecule has 0 fully saturated rings. The summed E-state index contributed by atoms with van der Waals surface area (Å²) in [6.07, 6.45) is 0.603. The third kappa shape index (κ3) is 3.66. The lowest BCUT2D eigenvalue weighted by Gasteiger charge is -2.21. The summed E-state index contributed by atoms with van der Waals surface area (Å²) < 4.78 is 0. The molecule has 0 radical (unpaired) electrons. The Bertz CT molecular complexity index is 513. The number of aromatic nitrogens is 2. The lowest BCUT2D eigenvalue weighted by atomic mass is 10.0. The number of carbonyl (C=O) groups is 1. The highest BCUT2D eigenvalue weighted by atomic mass is 16.4. The molecule has 0 aromatic carbocycles. The zero-order chi connectivity index (χ0) is 15.3. The molecule has 1 aromatic heterocycles. The highest BCUT2D eigenvalue weighted by Crippen LogP contribution is 2.10. The van der Waals surface area contributed by atoms with Crippen molar-refractivity contribution >= 4 is 11.7 Å². The van der Waals surface area contributed by atoms with Crippen molar-refractivity contribution < 1.29 is 10.0 Å². The molecule has 4 N–H and O–H groups in total. The molecule has 7 nitrogen and oxygen atoms in total. The SMILES string of the molecule is CCc1nnc(C)cc1C(=O)NC(C(N)=NO)C(C)C. The number of nitrogens with zero attached hydrogens (tertiary/aromatic N) is 3. The molecule has 0 aliphatic carbocycles. The van der Waals surface area contributed by atoms with E-state index in [-0.39, 0.29) is 17.7 Å². The van der Waals surface area contributed by atoms with Gasteiger partial charge in [-0.15, -0.1) is 0 Å². The van der Waals surface area contributed by atoms with Gasteiger partial charge < -0.3 is 16.3 Å². The fourth-order valence-electron chi connectivity index (χ4n) is 1.84. The van der Waals surface area contributed by atoms with Crippen LogP contribution in [0.3, 0.4) is 0 Å². The van der Waals surface area contributed by atoms with E-state index in [9.17, 15) is 4.79 Å². The van der Waals surface area contributed by atoms with Gasteiger partial charge in [0.1, 0.15) is 0 Å². The van der Waals surface area contributed by atoms with Crippen molar-refractivity contribution in [1.82, 2.24) is 15.5 Å². The van der Waals surface area contributed by atoms with Crippen LogP contribution in [0.1, 0.15) is 42.5 Å². The van der Waals surface area contributed by atoms with Crippen LogP contribution in [0.2, 0.25) is 0 Å². The van der Waals surface area contributed by atoms with Crippen LogP contribution in [0.4, 0.5) is 0 Å². The van der Waals surface area contributed by atoms with E-state index in [1.165, 1.54) is 0 Å². The summed E-state index contributed by atoms with van der Waals surface area (Å²) in [5, 5.41) is 22.5. The van der Waals surface area contributed by atoms with Crippen LogP contribution < -0.4 is 11.1 Å². The van der Waals surface area contributed by atoms with E-state index >= 15 is 0 Å². The molecule has 0 saturated carbocycles. The Labute approximate surface area is 118 Å². The molecule has 1 rings (SSSR count). The van der Waals surface area contributed by atoms with Gasteiger partial charge in [0.2, 0.25) is 0 Å². The Balaban J connectivity index is 3.03. The number of oxime groups is 1.